The first-order valence-electron chi connectivity index (χ1n) is 9.25. The van der Waals surface area contributed by atoms with Gasteiger partial charge in [-0.2, -0.15) is 0 Å². The van der Waals surface area contributed by atoms with Crippen LogP contribution in [0.4, 0.5) is 5.13 Å². The van der Waals surface area contributed by atoms with Gasteiger partial charge in [0.05, 0.1) is 35.7 Å². The van der Waals surface area contributed by atoms with Gasteiger partial charge < -0.3 is 14.0 Å². The van der Waals surface area contributed by atoms with Crippen molar-refractivity contribution in [2.24, 2.45) is 0 Å². The van der Waals surface area contributed by atoms with Crippen molar-refractivity contribution in [3.8, 4) is 5.75 Å². The van der Waals surface area contributed by atoms with E-state index in [2.05, 4.69) is 15.0 Å². The highest BCUT2D eigenvalue weighted by atomic mass is 35.5. The highest BCUT2D eigenvalue weighted by Crippen LogP contribution is 2.39. The van der Waals surface area contributed by atoms with Crippen LogP contribution in [0.15, 0.2) is 22.7 Å². The summed E-state index contributed by atoms with van der Waals surface area (Å²) >= 11 is 7.72. The molecule has 0 spiro atoms. The lowest BCUT2D eigenvalue weighted by atomic mass is 10.3. The van der Waals surface area contributed by atoms with E-state index in [9.17, 15) is 4.79 Å². The molecule has 1 aliphatic heterocycles. The summed E-state index contributed by atoms with van der Waals surface area (Å²) in [5.74, 6) is 0.512. The Morgan fingerprint density at radius 1 is 1.37 bits per heavy atom. The quantitative estimate of drug-likeness (QED) is 0.541. The van der Waals surface area contributed by atoms with E-state index in [0.717, 1.165) is 17.8 Å². The SMILES string of the molecule is COc1ccc(Cl)c2sc(N(CCN3CCOCC3)C(=O)c3cc(C)no3)nc12.Cl. The van der Waals surface area contributed by atoms with Crippen LogP contribution in [0, 0.1) is 6.92 Å². The topological polar surface area (TPSA) is 80.9 Å². The van der Waals surface area contributed by atoms with E-state index in [0.29, 0.717) is 53.4 Å². The number of hydrogen-bond donors (Lipinski definition) is 0. The van der Waals surface area contributed by atoms with E-state index in [4.69, 9.17) is 25.6 Å². The van der Waals surface area contributed by atoms with Crippen LogP contribution in [0.2, 0.25) is 5.02 Å². The monoisotopic (exact) mass is 472 g/mol. The van der Waals surface area contributed by atoms with Gasteiger partial charge >= 0.3 is 0 Å². The van der Waals surface area contributed by atoms with Gasteiger partial charge in [0.2, 0.25) is 5.76 Å². The van der Waals surface area contributed by atoms with Crippen LogP contribution in [0.25, 0.3) is 10.2 Å². The summed E-state index contributed by atoms with van der Waals surface area (Å²) in [7, 11) is 1.58. The number of methoxy groups -OCH3 is 1. The number of carbonyl (C=O) groups excluding carboxylic acids is 1. The Labute approximate surface area is 189 Å². The number of anilines is 1. The number of halogens is 2. The number of hydrogen-bond acceptors (Lipinski definition) is 8. The van der Waals surface area contributed by atoms with E-state index >= 15 is 0 Å². The zero-order valence-electron chi connectivity index (χ0n) is 16.6. The number of ether oxygens (including phenoxy) is 2. The first-order valence-corrected chi connectivity index (χ1v) is 10.4. The summed E-state index contributed by atoms with van der Waals surface area (Å²) in [6.07, 6.45) is 0. The summed E-state index contributed by atoms with van der Waals surface area (Å²) < 4.78 is 16.8. The molecule has 2 aromatic heterocycles. The molecule has 1 amide bonds. The van der Waals surface area contributed by atoms with Gasteiger partial charge in [0.1, 0.15) is 11.3 Å². The average molecular weight is 473 g/mol. The highest BCUT2D eigenvalue weighted by Gasteiger charge is 2.26. The van der Waals surface area contributed by atoms with Gasteiger partial charge in [-0.3, -0.25) is 14.6 Å². The van der Waals surface area contributed by atoms with Gasteiger partial charge in [0, 0.05) is 32.2 Å². The van der Waals surface area contributed by atoms with Crippen LogP contribution in [0.5, 0.6) is 5.75 Å². The smallest absolute Gasteiger partial charge is 0.298 e. The van der Waals surface area contributed by atoms with Crippen molar-refractivity contribution >= 4 is 56.6 Å². The Morgan fingerprint density at radius 2 is 2.13 bits per heavy atom. The van der Waals surface area contributed by atoms with Crippen molar-refractivity contribution in [3.05, 3.63) is 34.7 Å². The molecule has 3 aromatic rings. The van der Waals surface area contributed by atoms with Crippen LogP contribution < -0.4 is 9.64 Å². The minimum Gasteiger partial charge on any atom is -0.494 e. The average Bonchev–Trinajstić information content (AvgIpc) is 3.36. The first-order chi connectivity index (χ1) is 14.1. The number of aromatic nitrogens is 2. The molecule has 1 aliphatic rings. The van der Waals surface area contributed by atoms with Gasteiger partial charge in [-0.15, -0.1) is 12.4 Å². The molecule has 11 heteroatoms. The third kappa shape index (κ3) is 4.70. The van der Waals surface area contributed by atoms with E-state index in [-0.39, 0.29) is 24.1 Å². The van der Waals surface area contributed by atoms with Crippen LogP contribution in [-0.2, 0) is 4.74 Å². The number of rotatable bonds is 6. The fraction of sp³-hybridized carbons (Fsp3) is 0.421. The highest BCUT2D eigenvalue weighted by molar-refractivity contribution is 7.23. The Hall–Kier alpha value is -1.91. The van der Waals surface area contributed by atoms with Gasteiger partial charge in [-0.1, -0.05) is 28.1 Å². The van der Waals surface area contributed by atoms with E-state index in [1.807, 2.05) is 0 Å². The molecule has 0 N–H and O–H groups in total. The third-order valence-corrected chi connectivity index (χ3v) is 6.26. The molecule has 4 rings (SSSR count). The molecular weight excluding hydrogens is 451 g/mol. The molecule has 0 saturated carbocycles. The van der Waals surface area contributed by atoms with Crippen molar-refractivity contribution in [2.75, 3.05) is 51.4 Å². The second-order valence-electron chi connectivity index (χ2n) is 6.67. The van der Waals surface area contributed by atoms with Crippen molar-refractivity contribution < 1.29 is 18.8 Å². The summed E-state index contributed by atoms with van der Waals surface area (Å²) in [5, 5.41) is 4.95. The predicted octanol–water partition coefficient (Wildman–Crippen LogP) is 3.66. The zero-order chi connectivity index (χ0) is 20.4. The normalized spacial score (nSPS) is 14.5. The fourth-order valence-electron chi connectivity index (χ4n) is 3.17. The fourth-order valence-corrected chi connectivity index (χ4v) is 4.45. The maximum absolute atomic E-state index is 13.2. The van der Waals surface area contributed by atoms with Crippen molar-refractivity contribution in [1.29, 1.82) is 0 Å². The lowest BCUT2D eigenvalue weighted by Crippen LogP contribution is -2.43. The number of benzene rings is 1. The summed E-state index contributed by atoms with van der Waals surface area (Å²) in [5.41, 5.74) is 1.29. The summed E-state index contributed by atoms with van der Waals surface area (Å²) in [6.45, 7) is 6.00. The van der Waals surface area contributed by atoms with Crippen LogP contribution in [0.3, 0.4) is 0 Å². The third-order valence-electron chi connectivity index (χ3n) is 4.73. The first kappa shape index (κ1) is 22.8. The van der Waals surface area contributed by atoms with Crippen LogP contribution in [0.1, 0.15) is 16.2 Å². The molecule has 0 radical (unpaired) electrons. The molecule has 162 valence electrons. The number of nitrogens with zero attached hydrogens (tertiary/aromatic N) is 4. The van der Waals surface area contributed by atoms with Gasteiger partial charge in [-0.05, 0) is 19.1 Å². The Bertz CT molecular complexity index is 1020. The number of fused-ring (bicyclic) bond motifs is 1. The summed E-state index contributed by atoms with van der Waals surface area (Å²) in [6, 6.07) is 5.17. The molecule has 3 heterocycles. The van der Waals surface area contributed by atoms with Crippen molar-refractivity contribution in [1.82, 2.24) is 15.0 Å². The van der Waals surface area contributed by atoms with Gasteiger partial charge in [0.15, 0.2) is 5.13 Å². The molecule has 0 bridgehead atoms. The minimum atomic E-state index is -0.284. The molecule has 1 fully saturated rings. The molecule has 8 nitrogen and oxygen atoms in total. The van der Waals surface area contributed by atoms with Gasteiger partial charge in [0.25, 0.3) is 5.91 Å². The zero-order valence-corrected chi connectivity index (χ0v) is 19.0. The number of carbonyl (C=O) groups is 1. The number of morpholine rings is 1. The Kier molecular flexibility index (Phi) is 7.54. The molecular formula is C19H22Cl2N4O4S. The molecule has 1 saturated heterocycles. The van der Waals surface area contributed by atoms with Crippen molar-refractivity contribution in [3.63, 3.8) is 0 Å². The largest absolute Gasteiger partial charge is 0.494 e. The van der Waals surface area contributed by atoms with E-state index in [1.54, 1.807) is 37.1 Å². The van der Waals surface area contributed by atoms with Crippen LogP contribution >= 0.6 is 35.3 Å². The number of amides is 1. The van der Waals surface area contributed by atoms with Crippen molar-refractivity contribution in [2.45, 2.75) is 6.92 Å². The predicted molar refractivity (Wildman–Crippen MR) is 119 cm³/mol. The lowest BCUT2D eigenvalue weighted by Gasteiger charge is -2.28. The Morgan fingerprint density at radius 3 is 2.80 bits per heavy atom. The second-order valence-corrected chi connectivity index (χ2v) is 8.05. The molecule has 0 aliphatic carbocycles. The molecule has 30 heavy (non-hydrogen) atoms. The molecule has 1 aromatic carbocycles. The Balaban J connectivity index is 0.00000256. The molecule has 0 atom stereocenters. The number of aryl methyl sites for hydroxylation is 1. The minimum absolute atomic E-state index is 0. The maximum Gasteiger partial charge on any atom is 0.298 e. The summed E-state index contributed by atoms with van der Waals surface area (Å²) in [4.78, 5) is 21.8. The van der Waals surface area contributed by atoms with Gasteiger partial charge in [-0.25, -0.2) is 4.98 Å². The number of thiazole rings is 1. The second kappa shape index (κ2) is 9.93. The molecule has 0 unspecified atom stereocenters. The maximum atomic E-state index is 13.2. The lowest BCUT2D eigenvalue weighted by molar-refractivity contribution is 0.0390. The van der Waals surface area contributed by atoms with E-state index in [1.165, 1.54) is 11.3 Å². The van der Waals surface area contributed by atoms with Crippen LogP contribution in [-0.4, -0.2) is 67.5 Å². The van der Waals surface area contributed by atoms with E-state index < -0.39 is 0 Å². The standard InChI is InChI=1S/C19H21ClN4O4S.ClH/c1-12-11-15(28-22-12)18(25)24(6-5-23-7-9-27-10-8-23)19-21-16-14(26-2)4-3-13(20)17(16)29-19;/h3-4,11H,5-10H2,1-2H3;1H.